The molecule has 0 bridgehead atoms. The SMILES string of the molecule is CCc1ccc(-c2cc(C(=O)N/N=C(/C)c3ccc(Br)cc3)[nH]n2)cc1. The largest absolute Gasteiger partial charge is 0.289 e. The molecular weight excluding hydrogens is 392 g/mol. The second-order valence-corrected chi connectivity index (χ2v) is 6.78. The highest BCUT2D eigenvalue weighted by Gasteiger charge is 2.11. The molecule has 0 unspecified atom stereocenters. The number of nitrogens with one attached hydrogen (secondary N) is 2. The van der Waals surface area contributed by atoms with Crippen molar-refractivity contribution in [1.82, 2.24) is 15.6 Å². The Balaban J connectivity index is 1.69. The van der Waals surface area contributed by atoms with E-state index >= 15 is 0 Å². The van der Waals surface area contributed by atoms with Gasteiger partial charge in [-0.1, -0.05) is 59.3 Å². The molecule has 0 aliphatic heterocycles. The number of benzene rings is 2. The van der Waals surface area contributed by atoms with Crippen molar-refractivity contribution in [3.05, 3.63) is 75.9 Å². The molecule has 6 heteroatoms. The fraction of sp³-hybridized carbons (Fsp3) is 0.150. The van der Waals surface area contributed by atoms with Crippen LogP contribution in [0.25, 0.3) is 11.3 Å². The Morgan fingerprint density at radius 3 is 2.50 bits per heavy atom. The number of hydrogen-bond acceptors (Lipinski definition) is 3. The van der Waals surface area contributed by atoms with Gasteiger partial charge in [-0.3, -0.25) is 9.89 Å². The van der Waals surface area contributed by atoms with Gasteiger partial charge in [-0.25, -0.2) is 5.43 Å². The summed E-state index contributed by atoms with van der Waals surface area (Å²) in [5.74, 6) is -0.328. The van der Waals surface area contributed by atoms with Crippen LogP contribution in [0.2, 0.25) is 0 Å². The van der Waals surface area contributed by atoms with Gasteiger partial charge in [-0.15, -0.1) is 0 Å². The third-order valence-electron chi connectivity index (χ3n) is 4.07. The quantitative estimate of drug-likeness (QED) is 0.478. The molecule has 1 aromatic heterocycles. The third kappa shape index (κ3) is 4.26. The Labute approximate surface area is 160 Å². The number of halogens is 1. The number of nitrogens with zero attached hydrogens (tertiary/aromatic N) is 2. The number of amides is 1. The first-order chi connectivity index (χ1) is 12.6. The van der Waals surface area contributed by atoms with E-state index in [0.717, 1.165) is 33.4 Å². The Morgan fingerprint density at radius 2 is 1.85 bits per heavy atom. The van der Waals surface area contributed by atoms with E-state index in [4.69, 9.17) is 0 Å². The molecule has 3 aromatic rings. The number of H-pyrrole nitrogens is 1. The minimum atomic E-state index is -0.328. The van der Waals surface area contributed by atoms with Crippen molar-refractivity contribution in [2.24, 2.45) is 5.10 Å². The van der Waals surface area contributed by atoms with Gasteiger partial charge in [0.1, 0.15) is 5.69 Å². The Kier molecular flexibility index (Phi) is 5.63. The van der Waals surface area contributed by atoms with Gasteiger partial charge in [0.2, 0.25) is 0 Å². The third-order valence-corrected chi connectivity index (χ3v) is 4.60. The first-order valence-electron chi connectivity index (χ1n) is 8.32. The zero-order valence-corrected chi connectivity index (χ0v) is 16.2. The number of aryl methyl sites for hydroxylation is 1. The summed E-state index contributed by atoms with van der Waals surface area (Å²) in [5, 5.41) is 11.1. The zero-order valence-electron chi connectivity index (χ0n) is 14.6. The van der Waals surface area contributed by atoms with Crippen LogP contribution in [0.5, 0.6) is 0 Å². The fourth-order valence-corrected chi connectivity index (χ4v) is 2.71. The van der Waals surface area contributed by atoms with E-state index in [-0.39, 0.29) is 5.91 Å². The van der Waals surface area contributed by atoms with E-state index in [1.807, 2.05) is 43.3 Å². The molecule has 2 aromatic carbocycles. The molecule has 1 heterocycles. The number of aromatic nitrogens is 2. The van der Waals surface area contributed by atoms with Crippen molar-refractivity contribution in [3.8, 4) is 11.3 Å². The lowest BCUT2D eigenvalue weighted by molar-refractivity contribution is 0.0950. The van der Waals surface area contributed by atoms with Crippen molar-refractivity contribution < 1.29 is 4.79 Å². The molecule has 1 amide bonds. The molecule has 0 radical (unpaired) electrons. The molecular formula is C20H19BrN4O. The highest BCUT2D eigenvalue weighted by molar-refractivity contribution is 9.10. The second-order valence-electron chi connectivity index (χ2n) is 5.86. The highest BCUT2D eigenvalue weighted by atomic mass is 79.9. The summed E-state index contributed by atoms with van der Waals surface area (Å²) in [4.78, 5) is 12.3. The summed E-state index contributed by atoms with van der Waals surface area (Å²) < 4.78 is 0.995. The maximum absolute atomic E-state index is 12.3. The first-order valence-corrected chi connectivity index (χ1v) is 9.11. The molecule has 3 rings (SSSR count). The first kappa shape index (κ1) is 18.1. The molecule has 5 nitrogen and oxygen atoms in total. The summed E-state index contributed by atoms with van der Waals surface area (Å²) in [5.41, 5.74) is 7.55. The van der Waals surface area contributed by atoms with Crippen LogP contribution in [0.15, 0.2) is 64.2 Å². The normalized spacial score (nSPS) is 11.4. The monoisotopic (exact) mass is 410 g/mol. The molecule has 2 N–H and O–H groups in total. The summed E-state index contributed by atoms with van der Waals surface area (Å²) in [6.45, 7) is 3.96. The van der Waals surface area contributed by atoms with E-state index in [0.29, 0.717) is 5.69 Å². The van der Waals surface area contributed by atoms with Gasteiger partial charge in [0.05, 0.1) is 11.4 Å². The second kappa shape index (κ2) is 8.10. The van der Waals surface area contributed by atoms with Crippen LogP contribution in [-0.4, -0.2) is 21.8 Å². The molecule has 0 fully saturated rings. The summed E-state index contributed by atoms with van der Waals surface area (Å²) in [7, 11) is 0. The number of carbonyl (C=O) groups excluding carboxylic acids is 1. The van der Waals surface area contributed by atoms with E-state index < -0.39 is 0 Å². The maximum atomic E-state index is 12.3. The standard InChI is InChI=1S/C20H19BrN4O/c1-3-14-4-6-16(7-5-14)18-12-19(24-23-18)20(26)25-22-13(2)15-8-10-17(21)11-9-15/h4-12H,3H2,1-2H3,(H,23,24)(H,25,26)/b22-13-. The smallest absolute Gasteiger partial charge is 0.272 e. The van der Waals surface area contributed by atoms with Crippen LogP contribution >= 0.6 is 15.9 Å². The fourth-order valence-electron chi connectivity index (χ4n) is 2.45. The van der Waals surface area contributed by atoms with Crippen LogP contribution < -0.4 is 5.43 Å². The van der Waals surface area contributed by atoms with Crippen molar-refractivity contribution in [3.63, 3.8) is 0 Å². The van der Waals surface area contributed by atoms with Gasteiger partial charge in [-0.05, 0) is 42.7 Å². The van der Waals surface area contributed by atoms with E-state index in [9.17, 15) is 4.79 Å². The summed E-state index contributed by atoms with van der Waals surface area (Å²) >= 11 is 3.40. The lowest BCUT2D eigenvalue weighted by atomic mass is 10.1. The van der Waals surface area contributed by atoms with Crippen LogP contribution in [0, 0.1) is 0 Å². The average molecular weight is 411 g/mol. The van der Waals surface area contributed by atoms with Crippen molar-refractivity contribution >= 4 is 27.5 Å². The summed E-state index contributed by atoms with van der Waals surface area (Å²) in [6.07, 6.45) is 0.990. The van der Waals surface area contributed by atoms with Crippen molar-refractivity contribution in [2.75, 3.05) is 0 Å². The molecule has 132 valence electrons. The Morgan fingerprint density at radius 1 is 1.15 bits per heavy atom. The molecule has 0 saturated carbocycles. The van der Waals surface area contributed by atoms with Gasteiger partial charge in [0.25, 0.3) is 5.91 Å². The molecule has 0 atom stereocenters. The van der Waals surface area contributed by atoms with Gasteiger partial charge in [-0.2, -0.15) is 10.2 Å². The Hall–Kier alpha value is -2.73. The number of carbonyl (C=O) groups is 1. The van der Waals surface area contributed by atoms with Gasteiger partial charge >= 0.3 is 0 Å². The van der Waals surface area contributed by atoms with Gasteiger partial charge < -0.3 is 0 Å². The lowest BCUT2D eigenvalue weighted by Crippen LogP contribution is -2.19. The Bertz CT molecular complexity index is 927. The number of rotatable bonds is 5. The maximum Gasteiger partial charge on any atom is 0.289 e. The lowest BCUT2D eigenvalue weighted by Gasteiger charge is -2.02. The molecule has 0 aliphatic carbocycles. The highest BCUT2D eigenvalue weighted by Crippen LogP contribution is 2.18. The summed E-state index contributed by atoms with van der Waals surface area (Å²) in [6, 6.07) is 17.6. The van der Waals surface area contributed by atoms with E-state index in [1.165, 1.54) is 5.56 Å². The topological polar surface area (TPSA) is 70.1 Å². The number of hydrogen-bond donors (Lipinski definition) is 2. The minimum Gasteiger partial charge on any atom is -0.272 e. The molecule has 0 saturated heterocycles. The average Bonchev–Trinajstić information content (AvgIpc) is 3.17. The minimum absolute atomic E-state index is 0.328. The van der Waals surface area contributed by atoms with Crippen LogP contribution in [0.4, 0.5) is 0 Å². The van der Waals surface area contributed by atoms with Crippen LogP contribution in [0.3, 0.4) is 0 Å². The zero-order chi connectivity index (χ0) is 18.5. The van der Waals surface area contributed by atoms with E-state index in [1.54, 1.807) is 6.07 Å². The van der Waals surface area contributed by atoms with Crippen molar-refractivity contribution in [2.45, 2.75) is 20.3 Å². The van der Waals surface area contributed by atoms with Crippen LogP contribution in [0.1, 0.15) is 35.5 Å². The van der Waals surface area contributed by atoms with Gasteiger partial charge in [0.15, 0.2) is 0 Å². The van der Waals surface area contributed by atoms with E-state index in [2.05, 4.69) is 55.7 Å². The molecule has 26 heavy (non-hydrogen) atoms. The predicted octanol–water partition coefficient (Wildman–Crippen LogP) is 4.56. The molecule has 0 spiro atoms. The molecule has 0 aliphatic rings. The van der Waals surface area contributed by atoms with Crippen LogP contribution in [-0.2, 0) is 6.42 Å². The van der Waals surface area contributed by atoms with Gasteiger partial charge in [0, 0.05) is 10.0 Å². The number of hydrazone groups is 1. The number of aromatic amines is 1. The van der Waals surface area contributed by atoms with Crippen molar-refractivity contribution in [1.29, 1.82) is 0 Å². The predicted molar refractivity (Wildman–Crippen MR) is 107 cm³/mol.